The minimum absolute atomic E-state index is 0.0200. The molecule has 0 atom stereocenters. The first-order valence-electron chi connectivity index (χ1n) is 6.32. The number of benzene rings is 1. The van der Waals surface area contributed by atoms with E-state index in [1.54, 1.807) is 19.1 Å². The standard InChI is InChI=1S/C15H15NO4S/c1-10-4-5-11(7-13(10)17)15(19)20-9-14(18)16-8-12-3-2-6-21-12/h2-7,17H,8-9H2,1H3,(H,16,18). The maximum absolute atomic E-state index is 11.7. The molecule has 21 heavy (non-hydrogen) atoms. The quantitative estimate of drug-likeness (QED) is 0.831. The highest BCUT2D eigenvalue weighted by Gasteiger charge is 2.11. The Bertz CT molecular complexity index is 637. The molecule has 1 amide bonds. The number of phenolic OH excluding ortho intramolecular Hbond substituents is 1. The first-order valence-corrected chi connectivity index (χ1v) is 7.20. The highest BCUT2D eigenvalue weighted by atomic mass is 32.1. The summed E-state index contributed by atoms with van der Waals surface area (Å²) < 4.78 is 4.90. The number of carbonyl (C=O) groups excluding carboxylic acids is 2. The van der Waals surface area contributed by atoms with E-state index >= 15 is 0 Å². The Morgan fingerprint density at radius 2 is 2.14 bits per heavy atom. The number of nitrogens with one attached hydrogen (secondary N) is 1. The lowest BCUT2D eigenvalue weighted by atomic mass is 10.1. The Labute approximate surface area is 126 Å². The van der Waals surface area contributed by atoms with E-state index in [-0.39, 0.29) is 23.8 Å². The highest BCUT2D eigenvalue weighted by molar-refractivity contribution is 7.09. The minimum Gasteiger partial charge on any atom is -0.508 e. The Kier molecular flexibility index (Phi) is 4.94. The van der Waals surface area contributed by atoms with Gasteiger partial charge in [0.25, 0.3) is 5.91 Å². The maximum atomic E-state index is 11.7. The number of carbonyl (C=O) groups is 2. The van der Waals surface area contributed by atoms with Gasteiger partial charge in [-0.05, 0) is 36.1 Å². The third-order valence-electron chi connectivity index (χ3n) is 2.82. The van der Waals surface area contributed by atoms with Crippen molar-refractivity contribution in [1.82, 2.24) is 5.32 Å². The average Bonchev–Trinajstić information content (AvgIpc) is 2.98. The normalized spacial score (nSPS) is 10.1. The number of amides is 1. The predicted molar refractivity (Wildman–Crippen MR) is 79.3 cm³/mol. The van der Waals surface area contributed by atoms with Crippen LogP contribution in [-0.4, -0.2) is 23.6 Å². The van der Waals surface area contributed by atoms with Gasteiger partial charge in [-0.1, -0.05) is 12.1 Å². The molecule has 0 fully saturated rings. The summed E-state index contributed by atoms with van der Waals surface area (Å²) in [6, 6.07) is 8.28. The number of esters is 1. The minimum atomic E-state index is -0.642. The van der Waals surface area contributed by atoms with Crippen molar-refractivity contribution < 1.29 is 19.4 Å². The molecule has 1 aromatic heterocycles. The monoisotopic (exact) mass is 305 g/mol. The van der Waals surface area contributed by atoms with Crippen LogP contribution >= 0.6 is 11.3 Å². The maximum Gasteiger partial charge on any atom is 0.338 e. The van der Waals surface area contributed by atoms with E-state index < -0.39 is 5.97 Å². The highest BCUT2D eigenvalue weighted by Crippen LogP contribution is 2.17. The van der Waals surface area contributed by atoms with E-state index in [4.69, 9.17) is 4.74 Å². The van der Waals surface area contributed by atoms with Gasteiger partial charge in [-0.3, -0.25) is 4.79 Å². The third-order valence-corrected chi connectivity index (χ3v) is 3.70. The molecule has 2 rings (SSSR count). The molecule has 6 heteroatoms. The van der Waals surface area contributed by atoms with Gasteiger partial charge in [0, 0.05) is 4.88 Å². The number of thiophene rings is 1. The number of aryl methyl sites for hydroxylation is 1. The van der Waals surface area contributed by atoms with Crippen molar-refractivity contribution in [3.63, 3.8) is 0 Å². The molecule has 1 heterocycles. The molecule has 0 radical (unpaired) electrons. The molecule has 0 bridgehead atoms. The molecule has 0 aliphatic carbocycles. The van der Waals surface area contributed by atoms with E-state index in [9.17, 15) is 14.7 Å². The first-order chi connectivity index (χ1) is 10.1. The van der Waals surface area contributed by atoms with Crippen molar-refractivity contribution in [3.05, 3.63) is 51.7 Å². The fraction of sp³-hybridized carbons (Fsp3) is 0.200. The molecule has 2 N–H and O–H groups in total. The molecule has 0 saturated heterocycles. The lowest BCUT2D eigenvalue weighted by Gasteiger charge is -2.06. The molecule has 0 spiro atoms. The molecular formula is C15H15NO4S. The second-order valence-corrected chi connectivity index (χ2v) is 5.47. The Hall–Kier alpha value is -2.34. The van der Waals surface area contributed by atoms with Crippen LogP contribution in [0.25, 0.3) is 0 Å². The number of hydrogen-bond donors (Lipinski definition) is 2. The van der Waals surface area contributed by atoms with E-state index in [2.05, 4.69) is 5.32 Å². The van der Waals surface area contributed by atoms with Crippen LogP contribution in [0.4, 0.5) is 0 Å². The van der Waals surface area contributed by atoms with Crippen LogP contribution in [0.2, 0.25) is 0 Å². The van der Waals surface area contributed by atoms with Gasteiger partial charge in [-0.15, -0.1) is 11.3 Å². The van der Waals surface area contributed by atoms with Crippen LogP contribution in [0.1, 0.15) is 20.8 Å². The van der Waals surface area contributed by atoms with Crippen molar-refractivity contribution in [2.45, 2.75) is 13.5 Å². The summed E-state index contributed by atoms with van der Waals surface area (Å²) in [6.45, 7) is 1.79. The SMILES string of the molecule is Cc1ccc(C(=O)OCC(=O)NCc2cccs2)cc1O. The van der Waals surface area contributed by atoms with Crippen LogP contribution < -0.4 is 5.32 Å². The Balaban J connectivity index is 1.80. The molecule has 0 aliphatic heterocycles. The molecule has 2 aromatic rings. The molecular weight excluding hydrogens is 290 g/mol. The smallest absolute Gasteiger partial charge is 0.338 e. The molecule has 0 aliphatic rings. The lowest BCUT2D eigenvalue weighted by Crippen LogP contribution is -2.28. The zero-order valence-electron chi connectivity index (χ0n) is 11.5. The van der Waals surface area contributed by atoms with Gasteiger partial charge in [0.2, 0.25) is 0 Å². The number of hydrogen-bond acceptors (Lipinski definition) is 5. The summed E-state index contributed by atoms with van der Waals surface area (Å²) in [4.78, 5) is 24.3. The zero-order chi connectivity index (χ0) is 15.2. The number of rotatable bonds is 5. The summed E-state index contributed by atoms with van der Waals surface area (Å²) in [5.41, 5.74) is 0.879. The Morgan fingerprint density at radius 1 is 1.33 bits per heavy atom. The van der Waals surface area contributed by atoms with E-state index in [1.165, 1.54) is 17.4 Å². The summed E-state index contributed by atoms with van der Waals surface area (Å²) >= 11 is 1.54. The van der Waals surface area contributed by atoms with Gasteiger partial charge >= 0.3 is 5.97 Å². The van der Waals surface area contributed by atoms with Gasteiger partial charge in [-0.2, -0.15) is 0 Å². The zero-order valence-corrected chi connectivity index (χ0v) is 12.3. The second-order valence-electron chi connectivity index (χ2n) is 4.43. The molecule has 0 unspecified atom stereocenters. The second kappa shape index (κ2) is 6.90. The van der Waals surface area contributed by atoms with Gasteiger partial charge in [0.15, 0.2) is 6.61 Å². The van der Waals surface area contributed by atoms with Gasteiger partial charge in [0.05, 0.1) is 12.1 Å². The van der Waals surface area contributed by atoms with Gasteiger partial charge in [-0.25, -0.2) is 4.79 Å². The van der Waals surface area contributed by atoms with Crippen molar-refractivity contribution in [2.24, 2.45) is 0 Å². The largest absolute Gasteiger partial charge is 0.508 e. The van der Waals surface area contributed by atoms with E-state index in [0.29, 0.717) is 12.1 Å². The van der Waals surface area contributed by atoms with Crippen molar-refractivity contribution >= 4 is 23.2 Å². The first kappa shape index (κ1) is 15.1. The lowest BCUT2D eigenvalue weighted by molar-refractivity contribution is -0.124. The van der Waals surface area contributed by atoms with Crippen molar-refractivity contribution in [1.29, 1.82) is 0 Å². The topological polar surface area (TPSA) is 75.6 Å². The number of ether oxygens (including phenoxy) is 1. The van der Waals surface area contributed by atoms with E-state index in [0.717, 1.165) is 4.88 Å². The summed E-state index contributed by atoms with van der Waals surface area (Å²) in [6.07, 6.45) is 0. The molecule has 110 valence electrons. The molecule has 0 saturated carbocycles. The summed E-state index contributed by atoms with van der Waals surface area (Å²) in [5.74, 6) is -0.990. The summed E-state index contributed by atoms with van der Waals surface area (Å²) in [5, 5.41) is 14.1. The fourth-order valence-electron chi connectivity index (χ4n) is 1.60. The van der Waals surface area contributed by atoms with Crippen molar-refractivity contribution in [2.75, 3.05) is 6.61 Å². The number of phenols is 1. The third kappa shape index (κ3) is 4.32. The van der Waals surface area contributed by atoms with Gasteiger partial charge < -0.3 is 15.2 Å². The van der Waals surface area contributed by atoms with Crippen LogP contribution in [0.3, 0.4) is 0 Å². The fourth-order valence-corrected chi connectivity index (χ4v) is 2.25. The Morgan fingerprint density at radius 3 is 2.81 bits per heavy atom. The van der Waals surface area contributed by atoms with Crippen molar-refractivity contribution in [3.8, 4) is 5.75 Å². The summed E-state index contributed by atoms with van der Waals surface area (Å²) in [7, 11) is 0. The van der Waals surface area contributed by atoms with Crippen LogP contribution in [-0.2, 0) is 16.1 Å². The average molecular weight is 305 g/mol. The van der Waals surface area contributed by atoms with Crippen LogP contribution in [0.15, 0.2) is 35.7 Å². The van der Waals surface area contributed by atoms with Gasteiger partial charge in [0.1, 0.15) is 5.75 Å². The predicted octanol–water partition coefficient (Wildman–Crippen LogP) is 2.24. The molecule has 1 aromatic carbocycles. The number of aromatic hydroxyl groups is 1. The van der Waals surface area contributed by atoms with E-state index in [1.807, 2.05) is 17.5 Å². The molecule has 5 nitrogen and oxygen atoms in total. The van der Waals surface area contributed by atoms with Crippen LogP contribution in [0.5, 0.6) is 5.75 Å². The van der Waals surface area contributed by atoms with Crippen LogP contribution in [0, 0.1) is 6.92 Å².